The molecule has 30 heavy (non-hydrogen) atoms. The zero-order chi connectivity index (χ0) is 21.3. The Balaban J connectivity index is 1.53. The van der Waals surface area contributed by atoms with Gasteiger partial charge in [-0.1, -0.05) is 12.2 Å². The Bertz CT molecular complexity index is 1420. The lowest BCUT2D eigenvalue weighted by atomic mass is 10.3. The summed E-state index contributed by atoms with van der Waals surface area (Å²) in [7, 11) is -3.84. The van der Waals surface area contributed by atoms with Gasteiger partial charge in [0, 0.05) is 11.9 Å². The van der Waals surface area contributed by atoms with Gasteiger partial charge in [-0.15, -0.1) is 10.2 Å². The van der Waals surface area contributed by atoms with Crippen LogP contribution in [0.2, 0.25) is 0 Å². The molecule has 5 N–H and O–H groups in total. The number of azo groups is 1. The number of nitrogen functional groups attached to an aromatic ring is 1. The predicted molar refractivity (Wildman–Crippen MR) is 112 cm³/mol. The van der Waals surface area contributed by atoms with E-state index in [0.29, 0.717) is 22.5 Å². The highest BCUT2D eigenvalue weighted by atomic mass is 32.2. The van der Waals surface area contributed by atoms with Gasteiger partial charge in [-0.3, -0.25) is 0 Å². The van der Waals surface area contributed by atoms with Crippen LogP contribution in [0.15, 0.2) is 51.7 Å². The molecule has 0 bridgehead atoms. The highest BCUT2D eigenvalue weighted by molar-refractivity contribution is 7.92. The lowest BCUT2D eigenvalue weighted by molar-refractivity contribution is 0.601. The maximum absolute atomic E-state index is 12.5. The molecule has 0 amide bonds. The number of aromatic nitrogens is 6. The molecule has 0 saturated heterocycles. The van der Waals surface area contributed by atoms with Gasteiger partial charge in [0.15, 0.2) is 10.3 Å². The smallest absolute Gasteiger partial charge is 0.264 e. The number of fused-ring (bicyclic) bond motifs is 1. The highest BCUT2D eigenvalue weighted by Crippen LogP contribution is 2.21. The second-order valence-electron chi connectivity index (χ2n) is 6.03. The van der Waals surface area contributed by atoms with Crippen molar-refractivity contribution in [2.75, 3.05) is 10.5 Å². The molecule has 0 aliphatic heterocycles. The van der Waals surface area contributed by atoms with Crippen molar-refractivity contribution in [1.82, 2.24) is 29.9 Å². The van der Waals surface area contributed by atoms with E-state index in [2.05, 4.69) is 44.9 Å². The molecule has 0 fully saturated rings. The van der Waals surface area contributed by atoms with Gasteiger partial charge in [0.25, 0.3) is 10.0 Å². The SMILES string of the molecule is Cc1ccnc(NS(=O)(=O)c2ccc(N=Nc3nc4[nH]c(N)nc(=S)c4[nH]3)cc2)n1. The van der Waals surface area contributed by atoms with Gasteiger partial charge in [0.1, 0.15) is 5.52 Å². The van der Waals surface area contributed by atoms with Crippen molar-refractivity contribution >= 4 is 56.9 Å². The summed E-state index contributed by atoms with van der Waals surface area (Å²) in [6, 6.07) is 7.46. The van der Waals surface area contributed by atoms with E-state index >= 15 is 0 Å². The summed E-state index contributed by atoms with van der Waals surface area (Å²) in [5.74, 6) is 0.329. The van der Waals surface area contributed by atoms with Crippen molar-refractivity contribution in [3.63, 3.8) is 0 Å². The van der Waals surface area contributed by atoms with Crippen molar-refractivity contribution in [2.24, 2.45) is 10.2 Å². The number of nitrogens with two attached hydrogens (primary N) is 1. The summed E-state index contributed by atoms with van der Waals surface area (Å²) in [6.07, 6.45) is 1.47. The first-order chi connectivity index (χ1) is 14.3. The third kappa shape index (κ3) is 4.13. The fourth-order valence-corrected chi connectivity index (χ4v) is 3.64. The Morgan fingerprint density at radius 2 is 1.83 bits per heavy atom. The molecular weight excluding hydrogens is 428 g/mol. The number of hydrogen-bond acceptors (Lipinski definition) is 10. The van der Waals surface area contributed by atoms with E-state index in [1.54, 1.807) is 13.0 Å². The first kappa shape index (κ1) is 19.5. The minimum absolute atomic E-state index is 0.00306. The summed E-state index contributed by atoms with van der Waals surface area (Å²) in [5.41, 5.74) is 7.56. The van der Waals surface area contributed by atoms with Crippen LogP contribution >= 0.6 is 12.2 Å². The number of nitrogens with one attached hydrogen (secondary N) is 3. The van der Waals surface area contributed by atoms with Crippen molar-refractivity contribution in [1.29, 1.82) is 0 Å². The normalized spacial score (nSPS) is 11.9. The molecule has 4 aromatic rings. The third-order valence-corrected chi connectivity index (χ3v) is 5.44. The second-order valence-corrected chi connectivity index (χ2v) is 8.10. The lowest BCUT2D eigenvalue weighted by Crippen LogP contribution is -2.15. The Morgan fingerprint density at radius 3 is 2.57 bits per heavy atom. The number of H-pyrrole nitrogens is 2. The molecule has 0 spiro atoms. The number of rotatable bonds is 5. The van der Waals surface area contributed by atoms with Crippen molar-refractivity contribution in [3.05, 3.63) is 46.9 Å². The van der Waals surface area contributed by atoms with E-state index in [9.17, 15) is 8.42 Å². The molecule has 0 aliphatic rings. The van der Waals surface area contributed by atoms with Crippen LogP contribution in [0, 0.1) is 11.6 Å². The molecule has 1 aromatic carbocycles. The third-order valence-electron chi connectivity index (χ3n) is 3.80. The average Bonchev–Trinajstić information content (AvgIpc) is 3.10. The summed E-state index contributed by atoms with van der Waals surface area (Å²) in [6.45, 7) is 1.74. The summed E-state index contributed by atoms with van der Waals surface area (Å²) < 4.78 is 27.5. The first-order valence-electron chi connectivity index (χ1n) is 8.40. The van der Waals surface area contributed by atoms with E-state index in [1.165, 1.54) is 30.5 Å². The molecule has 3 aromatic heterocycles. The highest BCUT2D eigenvalue weighted by Gasteiger charge is 2.15. The number of benzene rings is 1. The minimum atomic E-state index is -3.84. The van der Waals surface area contributed by atoms with Crippen LogP contribution in [0.4, 0.5) is 23.5 Å². The molecule has 14 heteroatoms. The fraction of sp³-hybridized carbons (Fsp3) is 0.0625. The Hall–Kier alpha value is -3.78. The molecule has 152 valence electrons. The van der Waals surface area contributed by atoms with Gasteiger partial charge in [-0.2, -0.15) is 4.98 Å². The molecule has 3 heterocycles. The number of imidazole rings is 1. The lowest BCUT2D eigenvalue weighted by Gasteiger charge is -2.06. The van der Waals surface area contributed by atoms with E-state index in [0.717, 1.165) is 0 Å². The quantitative estimate of drug-likeness (QED) is 0.269. The Labute approximate surface area is 174 Å². The summed E-state index contributed by atoms with van der Waals surface area (Å²) in [4.78, 5) is 21.7. The minimum Gasteiger partial charge on any atom is -0.369 e. The fourth-order valence-electron chi connectivity index (χ4n) is 2.44. The zero-order valence-electron chi connectivity index (χ0n) is 15.4. The maximum Gasteiger partial charge on any atom is 0.264 e. The summed E-state index contributed by atoms with van der Waals surface area (Å²) in [5, 5.41) is 8.03. The largest absolute Gasteiger partial charge is 0.369 e. The van der Waals surface area contributed by atoms with Crippen LogP contribution in [0.5, 0.6) is 0 Å². The monoisotopic (exact) mass is 442 g/mol. The molecule has 0 atom stereocenters. The topological polar surface area (TPSA) is 180 Å². The van der Waals surface area contributed by atoms with E-state index < -0.39 is 10.0 Å². The van der Waals surface area contributed by atoms with Crippen LogP contribution in [0.25, 0.3) is 11.2 Å². The predicted octanol–water partition coefficient (Wildman–Crippen LogP) is 2.91. The number of anilines is 2. The molecular formula is C16H14N10O2S2. The van der Waals surface area contributed by atoms with E-state index in [-0.39, 0.29) is 27.4 Å². The number of sulfonamides is 1. The molecule has 4 rings (SSSR count). The number of aromatic amines is 2. The molecule has 0 aliphatic carbocycles. The zero-order valence-corrected chi connectivity index (χ0v) is 17.0. The number of nitrogens with zero attached hydrogens (tertiary/aromatic N) is 6. The van der Waals surface area contributed by atoms with Crippen LogP contribution in [0.1, 0.15) is 5.69 Å². The van der Waals surface area contributed by atoms with Gasteiger partial charge in [-0.25, -0.2) is 28.1 Å². The average molecular weight is 442 g/mol. The molecule has 0 radical (unpaired) electrons. The van der Waals surface area contributed by atoms with Gasteiger partial charge in [0.2, 0.25) is 17.8 Å². The van der Waals surface area contributed by atoms with Crippen molar-refractivity contribution < 1.29 is 8.42 Å². The standard InChI is InChI=1S/C16H14N10O2S2/c1-8-6-7-18-15(19-8)26-30(27,28)10-4-2-9(3-5-10)24-25-16-20-11-12(22-16)21-14(17)23-13(11)29/h2-7H,1H3,(H,18,19,26)(H4,17,20,21,22,23,29). The van der Waals surface area contributed by atoms with Gasteiger partial charge < -0.3 is 15.7 Å². The van der Waals surface area contributed by atoms with Crippen molar-refractivity contribution in [2.45, 2.75) is 11.8 Å². The maximum atomic E-state index is 12.5. The number of aryl methyl sites for hydroxylation is 1. The molecule has 0 saturated carbocycles. The Morgan fingerprint density at radius 1 is 1.07 bits per heavy atom. The van der Waals surface area contributed by atoms with Crippen LogP contribution in [-0.2, 0) is 10.0 Å². The Kier molecular flexibility index (Phi) is 4.93. The van der Waals surface area contributed by atoms with Crippen LogP contribution < -0.4 is 10.5 Å². The van der Waals surface area contributed by atoms with Gasteiger partial charge in [0.05, 0.1) is 10.6 Å². The number of hydrogen-bond donors (Lipinski definition) is 4. The van der Waals surface area contributed by atoms with Crippen LogP contribution in [-0.4, -0.2) is 38.3 Å². The van der Waals surface area contributed by atoms with E-state index in [4.69, 9.17) is 18.0 Å². The molecule has 12 nitrogen and oxygen atoms in total. The van der Waals surface area contributed by atoms with E-state index in [1.807, 2.05) is 0 Å². The summed E-state index contributed by atoms with van der Waals surface area (Å²) >= 11 is 5.11. The van der Waals surface area contributed by atoms with Crippen LogP contribution in [0.3, 0.4) is 0 Å². The molecule has 0 unspecified atom stereocenters. The second kappa shape index (κ2) is 7.57. The van der Waals surface area contributed by atoms with Crippen molar-refractivity contribution in [3.8, 4) is 0 Å². The first-order valence-corrected chi connectivity index (χ1v) is 10.3. The van der Waals surface area contributed by atoms with Gasteiger partial charge >= 0.3 is 0 Å². The van der Waals surface area contributed by atoms with Gasteiger partial charge in [-0.05, 0) is 37.3 Å².